The van der Waals surface area contributed by atoms with E-state index in [9.17, 15) is 4.79 Å². The van der Waals surface area contributed by atoms with Gasteiger partial charge in [-0.1, -0.05) is 38.7 Å². The number of piperazine rings is 1. The van der Waals surface area contributed by atoms with Crippen LogP contribution < -0.4 is 15.0 Å². The van der Waals surface area contributed by atoms with Gasteiger partial charge in [0.1, 0.15) is 5.82 Å². The number of allylic oxidation sites excluding steroid dienone is 2. The second-order valence-corrected chi connectivity index (χ2v) is 11.5. The number of aromatic nitrogens is 2. The van der Waals surface area contributed by atoms with Gasteiger partial charge in [-0.25, -0.2) is 9.98 Å². The fraction of sp³-hybridized carbons (Fsp3) is 0.655. The molecule has 2 saturated carbocycles. The Balaban J connectivity index is 1.22. The third kappa shape index (κ3) is 5.72. The maximum absolute atomic E-state index is 13.3. The van der Waals surface area contributed by atoms with Crippen molar-refractivity contribution in [2.24, 2.45) is 4.99 Å². The van der Waals surface area contributed by atoms with Gasteiger partial charge in [-0.15, -0.1) is 0 Å². The molecule has 1 saturated heterocycles. The Bertz CT molecular complexity index is 1080. The summed E-state index contributed by atoms with van der Waals surface area (Å²) in [6.45, 7) is 13.9. The Kier molecular flexibility index (Phi) is 8.02. The minimum atomic E-state index is -0.936. The summed E-state index contributed by atoms with van der Waals surface area (Å²) in [5.41, 5.74) is -0.0241. The van der Waals surface area contributed by atoms with E-state index in [-0.39, 0.29) is 11.9 Å². The molecule has 9 heteroatoms. The van der Waals surface area contributed by atoms with Crippen molar-refractivity contribution in [3.63, 3.8) is 0 Å². The summed E-state index contributed by atoms with van der Waals surface area (Å²) >= 11 is 0. The molecule has 5 rings (SSSR count). The van der Waals surface area contributed by atoms with E-state index in [1.165, 1.54) is 32.1 Å². The lowest BCUT2D eigenvalue weighted by atomic mass is 9.94. The number of carbonyl (C=O) groups is 1. The fourth-order valence-corrected chi connectivity index (χ4v) is 6.21. The molecule has 3 fully saturated rings. The molecule has 1 aromatic rings. The van der Waals surface area contributed by atoms with E-state index in [1.807, 2.05) is 38.0 Å². The second-order valence-electron chi connectivity index (χ2n) is 11.5. The molecule has 0 aromatic carbocycles. The number of hydrogen-bond donors (Lipinski definition) is 1. The molecule has 2 aliphatic carbocycles. The van der Waals surface area contributed by atoms with Gasteiger partial charge < -0.3 is 15.0 Å². The Morgan fingerprint density at radius 2 is 1.74 bits per heavy atom. The van der Waals surface area contributed by atoms with Gasteiger partial charge in [0.15, 0.2) is 17.2 Å². The van der Waals surface area contributed by atoms with Gasteiger partial charge in [-0.2, -0.15) is 4.98 Å². The maximum Gasteiger partial charge on any atom is 0.272 e. The molecule has 206 valence electrons. The summed E-state index contributed by atoms with van der Waals surface area (Å²) < 4.78 is 5.99. The molecule has 38 heavy (non-hydrogen) atoms. The Morgan fingerprint density at radius 3 is 2.42 bits per heavy atom. The molecule has 0 atom stereocenters. The smallest absolute Gasteiger partial charge is 0.272 e. The molecule has 9 nitrogen and oxygen atoms in total. The number of carbonyl (C=O) groups excluding carboxylic acids is 1. The van der Waals surface area contributed by atoms with E-state index < -0.39 is 5.60 Å². The molecule has 0 radical (unpaired) electrons. The number of nitrogens with zero attached hydrogens (tertiary/aromatic N) is 6. The van der Waals surface area contributed by atoms with Crippen LogP contribution >= 0.6 is 0 Å². The second kappa shape index (κ2) is 11.4. The monoisotopic (exact) mass is 521 g/mol. The normalized spacial score (nSPS) is 23.6. The van der Waals surface area contributed by atoms with Crippen LogP contribution in [0.15, 0.2) is 35.4 Å². The van der Waals surface area contributed by atoms with Crippen molar-refractivity contribution in [3.8, 4) is 5.75 Å². The Hall–Kier alpha value is -2.94. The van der Waals surface area contributed by atoms with E-state index >= 15 is 0 Å². The van der Waals surface area contributed by atoms with E-state index in [4.69, 9.17) is 9.72 Å². The average Bonchev–Trinajstić information content (AvgIpc) is 3.47. The summed E-state index contributed by atoms with van der Waals surface area (Å²) in [6, 6.07) is 0.910. The zero-order chi connectivity index (χ0) is 26.7. The van der Waals surface area contributed by atoms with Crippen molar-refractivity contribution in [2.45, 2.75) is 96.2 Å². The summed E-state index contributed by atoms with van der Waals surface area (Å²) in [4.78, 5) is 33.9. The van der Waals surface area contributed by atoms with Crippen LogP contribution in [0.1, 0.15) is 78.6 Å². The van der Waals surface area contributed by atoms with Crippen LogP contribution in [0.2, 0.25) is 0 Å². The first kappa shape index (κ1) is 26.7. The molecule has 0 spiro atoms. The number of fused-ring (bicyclic) bond motifs is 1. The molecule has 0 bridgehead atoms. The van der Waals surface area contributed by atoms with Crippen molar-refractivity contribution in [1.82, 2.24) is 19.8 Å². The highest BCUT2D eigenvalue weighted by molar-refractivity contribution is 6.02. The van der Waals surface area contributed by atoms with Crippen LogP contribution in [-0.4, -0.2) is 75.8 Å². The van der Waals surface area contributed by atoms with Crippen molar-refractivity contribution in [3.05, 3.63) is 30.4 Å². The van der Waals surface area contributed by atoms with Gasteiger partial charge in [0.05, 0.1) is 12.4 Å². The van der Waals surface area contributed by atoms with Crippen molar-refractivity contribution in [2.75, 3.05) is 36.4 Å². The SMILES string of the molecule is C=C(/C=N\C(=C/C)Nc1ncc2c(n1)N(C1CCCC1)C(=O)C(C)(C)O2)N1CCN(C2CCCCC2)CC1. The van der Waals surface area contributed by atoms with Gasteiger partial charge in [-0.3, -0.25) is 14.6 Å². The van der Waals surface area contributed by atoms with Crippen molar-refractivity contribution >= 4 is 23.9 Å². The number of nitrogens with one attached hydrogen (secondary N) is 1. The minimum absolute atomic E-state index is 0.0503. The van der Waals surface area contributed by atoms with E-state index in [0.717, 1.165) is 63.6 Å². The molecule has 3 heterocycles. The quantitative estimate of drug-likeness (QED) is 0.519. The van der Waals surface area contributed by atoms with Crippen LogP contribution in [0, 0.1) is 0 Å². The predicted molar refractivity (Wildman–Crippen MR) is 152 cm³/mol. The highest BCUT2D eigenvalue weighted by Crippen LogP contribution is 2.40. The number of aliphatic imine (C=N–C) groups is 1. The fourth-order valence-electron chi connectivity index (χ4n) is 6.21. The number of anilines is 2. The summed E-state index contributed by atoms with van der Waals surface area (Å²) in [5.74, 6) is 2.05. The number of amides is 1. The van der Waals surface area contributed by atoms with Crippen LogP contribution in [0.5, 0.6) is 5.75 Å². The highest BCUT2D eigenvalue weighted by Gasteiger charge is 2.45. The molecular formula is C29H43N7O2. The summed E-state index contributed by atoms with van der Waals surface area (Å²) in [6.07, 6.45) is 16.4. The van der Waals surface area contributed by atoms with E-state index in [0.29, 0.717) is 23.3 Å². The van der Waals surface area contributed by atoms with Gasteiger partial charge >= 0.3 is 0 Å². The first-order valence-corrected chi connectivity index (χ1v) is 14.4. The van der Waals surface area contributed by atoms with E-state index in [1.54, 1.807) is 6.20 Å². The third-order valence-electron chi connectivity index (χ3n) is 8.43. The summed E-state index contributed by atoms with van der Waals surface area (Å²) in [5, 5.41) is 3.21. The van der Waals surface area contributed by atoms with Crippen LogP contribution in [0.3, 0.4) is 0 Å². The van der Waals surface area contributed by atoms with Gasteiger partial charge in [-0.05, 0) is 52.5 Å². The van der Waals surface area contributed by atoms with Gasteiger partial charge in [0.25, 0.3) is 5.91 Å². The van der Waals surface area contributed by atoms with Gasteiger partial charge in [0.2, 0.25) is 5.95 Å². The first-order valence-electron chi connectivity index (χ1n) is 14.4. The largest absolute Gasteiger partial charge is 0.472 e. The standard InChI is InChI=1S/C29H43N7O2/c1-5-25(30-19-21(2)34-15-17-35(18-16-34)22-11-7-6-8-12-22)32-28-31-20-24-26(33-28)36(23-13-9-10-14-23)27(37)29(3,4)38-24/h5,19-20,22-23H,2,6-18H2,1,3-4H3,(H,31,32,33)/b25-5+,30-19-. The lowest BCUT2D eigenvalue weighted by Crippen LogP contribution is -2.55. The van der Waals surface area contributed by atoms with Crippen molar-refractivity contribution in [1.29, 1.82) is 0 Å². The number of hydrogen-bond acceptors (Lipinski definition) is 8. The third-order valence-corrected chi connectivity index (χ3v) is 8.43. The first-order chi connectivity index (χ1) is 18.4. The van der Waals surface area contributed by atoms with Crippen LogP contribution in [0.4, 0.5) is 11.8 Å². The maximum atomic E-state index is 13.3. The Labute approximate surface area is 227 Å². The average molecular weight is 522 g/mol. The molecule has 0 unspecified atom stereocenters. The Morgan fingerprint density at radius 1 is 1.08 bits per heavy atom. The predicted octanol–water partition coefficient (Wildman–Crippen LogP) is 4.73. The molecule has 4 aliphatic rings. The molecule has 1 N–H and O–H groups in total. The van der Waals surface area contributed by atoms with Crippen molar-refractivity contribution < 1.29 is 9.53 Å². The zero-order valence-electron chi connectivity index (χ0n) is 23.3. The molecular weight excluding hydrogens is 478 g/mol. The zero-order valence-corrected chi connectivity index (χ0v) is 23.3. The lowest BCUT2D eigenvalue weighted by molar-refractivity contribution is -0.133. The number of rotatable bonds is 7. The van der Waals surface area contributed by atoms with Crippen LogP contribution in [0.25, 0.3) is 0 Å². The lowest BCUT2D eigenvalue weighted by Gasteiger charge is -2.41. The molecule has 1 amide bonds. The minimum Gasteiger partial charge on any atom is -0.472 e. The topological polar surface area (TPSA) is 86.2 Å². The molecule has 1 aromatic heterocycles. The van der Waals surface area contributed by atoms with Gasteiger partial charge in [0, 0.05) is 44.0 Å². The van der Waals surface area contributed by atoms with E-state index in [2.05, 4.69) is 31.7 Å². The molecule has 2 aliphatic heterocycles. The van der Waals surface area contributed by atoms with Crippen LogP contribution in [-0.2, 0) is 4.79 Å². The highest BCUT2D eigenvalue weighted by atomic mass is 16.5. The summed E-state index contributed by atoms with van der Waals surface area (Å²) in [7, 11) is 0. The number of ether oxygens (including phenoxy) is 1.